The molecule has 10 nitrogen and oxygen atoms in total. The van der Waals surface area contributed by atoms with Gasteiger partial charge >= 0.3 is 6.09 Å². The molecular weight excluding hydrogens is 434 g/mol. The molecule has 0 atom stereocenters. The van der Waals surface area contributed by atoms with Crippen molar-refractivity contribution < 1.29 is 22.7 Å². The normalized spacial score (nSPS) is 16.2. The maximum Gasteiger partial charge on any atom is 0.407 e. The molecule has 1 saturated heterocycles. The Balaban J connectivity index is 1.86. The van der Waals surface area contributed by atoms with Crippen molar-refractivity contribution in [3.8, 4) is 0 Å². The zero-order valence-corrected chi connectivity index (χ0v) is 20.2. The van der Waals surface area contributed by atoms with Crippen LogP contribution in [-0.2, 0) is 21.0 Å². The quantitative estimate of drug-likeness (QED) is 0.489. The number of hydrogen-bond donors (Lipinski definition) is 3. The van der Waals surface area contributed by atoms with Crippen molar-refractivity contribution in [3.63, 3.8) is 0 Å². The van der Waals surface area contributed by atoms with E-state index in [1.54, 1.807) is 32.9 Å². The van der Waals surface area contributed by atoms with E-state index in [1.807, 2.05) is 11.8 Å². The zero-order valence-electron chi connectivity index (χ0n) is 19.4. The fourth-order valence-corrected chi connectivity index (χ4v) is 4.40. The van der Waals surface area contributed by atoms with Gasteiger partial charge in [0, 0.05) is 51.4 Å². The summed E-state index contributed by atoms with van der Waals surface area (Å²) in [6, 6.07) is 3.48. The molecule has 0 spiro atoms. The van der Waals surface area contributed by atoms with Gasteiger partial charge in [-0.25, -0.2) is 18.2 Å². The van der Waals surface area contributed by atoms with E-state index in [4.69, 9.17) is 4.74 Å². The number of rotatable bonds is 9. The fourth-order valence-electron chi connectivity index (χ4n) is 3.13. The monoisotopic (exact) mass is 469 g/mol. The third-order valence-corrected chi connectivity index (χ3v) is 6.35. The van der Waals surface area contributed by atoms with Crippen LogP contribution in [0, 0.1) is 0 Å². The maximum atomic E-state index is 12.7. The number of alkyl carbamates (subject to hydrolysis) is 1. The molecule has 0 unspecified atom stereocenters. The highest BCUT2D eigenvalue weighted by Crippen LogP contribution is 2.14. The van der Waals surface area contributed by atoms with Crippen LogP contribution in [-0.4, -0.2) is 86.7 Å². The molecule has 180 valence electrons. The zero-order chi connectivity index (χ0) is 23.8. The third-order valence-electron chi connectivity index (χ3n) is 4.74. The smallest absolute Gasteiger partial charge is 0.407 e. The number of amides is 2. The van der Waals surface area contributed by atoms with Crippen molar-refractivity contribution in [2.45, 2.75) is 39.7 Å². The fraction of sp³-hybridized carbons (Fsp3) is 0.667. The minimum atomic E-state index is -2.91. The predicted molar refractivity (Wildman–Crippen MR) is 124 cm³/mol. The minimum Gasteiger partial charge on any atom is -0.444 e. The van der Waals surface area contributed by atoms with Gasteiger partial charge in [-0.1, -0.05) is 0 Å². The summed E-state index contributed by atoms with van der Waals surface area (Å²) in [5, 5.41) is 8.69. The van der Waals surface area contributed by atoms with Gasteiger partial charge in [0.2, 0.25) is 0 Å². The molecule has 1 aliphatic heterocycles. The Morgan fingerprint density at radius 2 is 1.81 bits per heavy atom. The second kappa shape index (κ2) is 11.5. The number of nitrogens with one attached hydrogen (secondary N) is 3. The van der Waals surface area contributed by atoms with Crippen LogP contribution in [0.3, 0.4) is 0 Å². The molecule has 0 radical (unpaired) electrons. The summed E-state index contributed by atoms with van der Waals surface area (Å²) in [6.45, 7) is 10.3. The highest BCUT2D eigenvalue weighted by molar-refractivity contribution is 7.91. The standard InChI is InChI=1S/C21H35N5O5S/c1-5-22-18-17(19(27)23-10-11-26-12-14-32(29,30)15-13-26)7-6-16(25-18)8-9-24-20(28)31-21(2,3)4/h6-7H,5,8-15H2,1-4H3,(H,22,25)(H,23,27)(H,24,28). The van der Waals surface area contributed by atoms with Gasteiger partial charge in [0.05, 0.1) is 17.1 Å². The molecule has 0 saturated carbocycles. The molecule has 2 heterocycles. The molecule has 2 amide bonds. The van der Waals surface area contributed by atoms with Gasteiger partial charge in [0.25, 0.3) is 5.91 Å². The van der Waals surface area contributed by atoms with Crippen molar-refractivity contribution in [1.82, 2.24) is 20.5 Å². The lowest BCUT2D eigenvalue weighted by Gasteiger charge is -2.26. The van der Waals surface area contributed by atoms with Crippen molar-refractivity contribution in [3.05, 3.63) is 23.4 Å². The molecule has 1 aliphatic rings. The van der Waals surface area contributed by atoms with Crippen LogP contribution < -0.4 is 16.0 Å². The van der Waals surface area contributed by atoms with Gasteiger partial charge in [0.1, 0.15) is 11.4 Å². The first kappa shape index (κ1) is 25.9. The number of carbonyl (C=O) groups is 2. The van der Waals surface area contributed by atoms with Crippen LogP contribution in [0.2, 0.25) is 0 Å². The molecule has 1 fully saturated rings. The molecular formula is C21H35N5O5S. The van der Waals surface area contributed by atoms with E-state index >= 15 is 0 Å². The average Bonchev–Trinajstić information content (AvgIpc) is 2.68. The van der Waals surface area contributed by atoms with Crippen molar-refractivity contribution >= 4 is 27.7 Å². The molecule has 32 heavy (non-hydrogen) atoms. The highest BCUT2D eigenvalue weighted by atomic mass is 32.2. The second-order valence-electron chi connectivity index (χ2n) is 8.66. The van der Waals surface area contributed by atoms with Gasteiger partial charge in [-0.2, -0.15) is 0 Å². The Morgan fingerprint density at radius 1 is 1.12 bits per heavy atom. The minimum absolute atomic E-state index is 0.166. The number of nitrogens with zero attached hydrogens (tertiary/aromatic N) is 2. The number of ether oxygens (including phenoxy) is 1. The third kappa shape index (κ3) is 8.99. The largest absolute Gasteiger partial charge is 0.444 e. The molecule has 3 N–H and O–H groups in total. The van der Waals surface area contributed by atoms with E-state index in [2.05, 4.69) is 20.9 Å². The summed E-state index contributed by atoms with van der Waals surface area (Å²) in [5.74, 6) is 0.583. The second-order valence-corrected chi connectivity index (χ2v) is 11.0. The van der Waals surface area contributed by atoms with Crippen LogP contribution in [0.5, 0.6) is 0 Å². The first-order valence-electron chi connectivity index (χ1n) is 10.9. The van der Waals surface area contributed by atoms with E-state index in [1.165, 1.54) is 0 Å². The first-order valence-corrected chi connectivity index (χ1v) is 12.7. The Bertz CT molecular complexity index is 884. The molecule has 0 aromatic carbocycles. The topological polar surface area (TPSA) is 130 Å². The van der Waals surface area contributed by atoms with Crippen molar-refractivity contribution in [2.24, 2.45) is 0 Å². The molecule has 2 rings (SSSR count). The van der Waals surface area contributed by atoms with Crippen LogP contribution in [0.4, 0.5) is 10.6 Å². The van der Waals surface area contributed by atoms with Gasteiger partial charge in [-0.3, -0.25) is 9.69 Å². The van der Waals surface area contributed by atoms with Gasteiger partial charge < -0.3 is 20.7 Å². The summed E-state index contributed by atoms with van der Waals surface area (Å²) in [6.07, 6.45) is 0.0175. The van der Waals surface area contributed by atoms with Crippen LogP contribution in [0.1, 0.15) is 43.7 Å². The average molecular weight is 470 g/mol. The number of sulfone groups is 1. The van der Waals surface area contributed by atoms with E-state index < -0.39 is 21.5 Å². The van der Waals surface area contributed by atoms with Gasteiger partial charge in [0.15, 0.2) is 9.84 Å². The van der Waals surface area contributed by atoms with Crippen LogP contribution >= 0.6 is 0 Å². The summed E-state index contributed by atoms with van der Waals surface area (Å²) < 4.78 is 28.2. The summed E-state index contributed by atoms with van der Waals surface area (Å²) in [5.41, 5.74) is 0.626. The summed E-state index contributed by atoms with van der Waals surface area (Å²) >= 11 is 0. The Morgan fingerprint density at radius 3 is 2.44 bits per heavy atom. The molecule has 11 heteroatoms. The number of hydrogen-bond acceptors (Lipinski definition) is 8. The summed E-state index contributed by atoms with van der Waals surface area (Å²) in [7, 11) is -2.91. The Kier molecular flexibility index (Phi) is 9.26. The van der Waals surface area contributed by atoms with Gasteiger partial charge in [-0.15, -0.1) is 0 Å². The first-order chi connectivity index (χ1) is 15.0. The molecule has 0 aliphatic carbocycles. The highest BCUT2D eigenvalue weighted by Gasteiger charge is 2.21. The lowest BCUT2D eigenvalue weighted by Crippen LogP contribution is -2.43. The Labute approximate surface area is 190 Å². The number of anilines is 1. The number of aromatic nitrogens is 1. The molecule has 0 bridgehead atoms. The number of pyridine rings is 1. The lowest BCUT2D eigenvalue weighted by atomic mass is 10.2. The molecule has 1 aromatic rings. The number of carbonyl (C=O) groups excluding carboxylic acids is 2. The van der Waals surface area contributed by atoms with Crippen LogP contribution in [0.15, 0.2) is 12.1 Å². The van der Waals surface area contributed by atoms with Gasteiger partial charge in [-0.05, 0) is 39.8 Å². The summed E-state index contributed by atoms with van der Waals surface area (Å²) in [4.78, 5) is 31.0. The lowest BCUT2D eigenvalue weighted by molar-refractivity contribution is 0.0528. The van der Waals surface area contributed by atoms with E-state index in [-0.39, 0.29) is 17.4 Å². The van der Waals surface area contributed by atoms with Crippen molar-refractivity contribution in [2.75, 3.05) is 56.1 Å². The van der Waals surface area contributed by atoms with Crippen molar-refractivity contribution in [1.29, 1.82) is 0 Å². The van der Waals surface area contributed by atoms with E-state index in [0.29, 0.717) is 57.1 Å². The SMILES string of the molecule is CCNc1nc(CCNC(=O)OC(C)(C)C)ccc1C(=O)NCCN1CCS(=O)(=O)CC1. The van der Waals surface area contributed by atoms with Crippen LogP contribution in [0.25, 0.3) is 0 Å². The maximum absolute atomic E-state index is 12.7. The van der Waals surface area contributed by atoms with E-state index in [9.17, 15) is 18.0 Å². The van der Waals surface area contributed by atoms with E-state index in [0.717, 1.165) is 5.69 Å². The Hall–Kier alpha value is -2.40. The molecule has 1 aromatic heterocycles. The predicted octanol–water partition coefficient (Wildman–Crippen LogP) is 1.04.